The average molecular weight is 524 g/mol. The van der Waals surface area contributed by atoms with Crippen LogP contribution in [0, 0.1) is 5.92 Å². The molecule has 10 nitrogen and oxygen atoms in total. The van der Waals surface area contributed by atoms with Gasteiger partial charge in [-0.05, 0) is 47.7 Å². The number of methoxy groups -OCH3 is 2. The fourth-order valence-corrected chi connectivity index (χ4v) is 5.12. The highest BCUT2D eigenvalue weighted by Crippen LogP contribution is 2.29. The van der Waals surface area contributed by atoms with Gasteiger partial charge in [0, 0.05) is 20.1 Å². The van der Waals surface area contributed by atoms with Crippen molar-refractivity contribution in [1.29, 1.82) is 0 Å². The number of hydrazine groups is 1. The molecule has 204 valence electrons. The quantitative estimate of drug-likeness (QED) is 0.571. The van der Waals surface area contributed by atoms with Gasteiger partial charge in [-0.2, -0.15) is 0 Å². The third-order valence-corrected chi connectivity index (χ3v) is 7.14. The first-order valence-electron chi connectivity index (χ1n) is 12.9. The van der Waals surface area contributed by atoms with E-state index in [-0.39, 0.29) is 36.9 Å². The van der Waals surface area contributed by atoms with Crippen LogP contribution in [0.25, 0.3) is 0 Å². The summed E-state index contributed by atoms with van der Waals surface area (Å²) >= 11 is 0. The SMILES string of the molecule is COc1ccc(CCN2C[C@H]3N(C(=O)CN(C)N3C(=O)NCc3ccc(OC)cc3)[C@@H](C(C)C)C2=O)cc1. The van der Waals surface area contributed by atoms with Crippen molar-refractivity contribution in [3.8, 4) is 11.5 Å². The van der Waals surface area contributed by atoms with Gasteiger partial charge in [0.2, 0.25) is 11.8 Å². The number of hydrogen-bond acceptors (Lipinski definition) is 6. The maximum atomic E-state index is 13.6. The zero-order valence-electron chi connectivity index (χ0n) is 22.7. The van der Waals surface area contributed by atoms with Crippen molar-refractivity contribution in [1.82, 2.24) is 25.1 Å². The lowest BCUT2D eigenvalue weighted by molar-refractivity contribution is -0.189. The van der Waals surface area contributed by atoms with Crippen LogP contribution in [0.5, 0.6) is 11.5 Å². The van der Waals surface area contributed by atoms with Gasteiger partial charge >= 0.3 is 6.03 Å². The molecule has 2 fully saturated rings. The summed E-state index contributed by atoms with van der Waals surface area (Å²) in [4.78, 5) is 43.6. The van der Waals surface area contributed by atoms with E-state index in [4.69, 9.17) is 9.47 Å². The van der Waals surface area contributed by atoms with Gasteiger partial charge in [0.1, 0.15) is 23.7 Å². The molecule has 10 heteroatoms. The van der Waals surface area contributed by atoms with Crippen molar-refractivity contribution in [2.24, 2.45) is 5.92 Å². The van der Waals surface area contributed by atoms with E-state index in [1.54, 1.807) is 41.1 Å². The Hall–Kier alpha value is -3.79. The third-order valence-electron chi connectivity index (χ3n) is 7.14. The van der Waals surface area contributed by atoms with Crippen molar-refractivity contribution in [2.45, 2.75) is 39.0 Å². The standard InChI is InChI=1S/C28H37N5O5/c1-19(2)26-27(35)31(15-14-20-6-10-22(37-4)11-7-20)17-24-32(26)25(34)18-30(3)33(24)28(36)29-16-21-8-12-23(38-5)13-9-21/h6-13,19,24,26H,14-18H2,1-5H3,(H,29,36)/t24-,26-/m0/s1. The van der Waals surface area contributed by atoms with E-state index in [9.17, 15) is 14.4 Å². The molecule has 0 spiro atoms. The Morgan fingerprint density at radius 2 is 1.55 bits per heavy atom. The summed E-state index contributed by atoms with van der Waals surface area (Å²) in [5, 5.41) is 6.19. The minimum absolute atomic E-state index is 0.0226. The molecule has 1 N–H and O–H groups in total. The molecule has 0 aromatic heterocycles. The van der Waals surface area contributed by atoms with Crippen LogP contribution in [0.2, 0.25) is 0 Å². The third kappa shape index (κ3) is 5.70. The maximum Gasteiger partial charge on any atom is 0.334 e. The van der Waals surface area contributed by atoms with Crippen LogP contribution in [-0.2, 0) is 22.6 Å². The van der Waals surface area contributed by atoms with Crippen molar-refractivity contribution in [2.75, 3.05) is 40.9 Å². The molecule has 2 aromatic rings. The highest BCUT2D eigenvalue weighted by Gasteiger charge is 2.51. The smallest absolute Gasteiger partial charge is 0.334 e. The van der Waals surface area contributed by atoms with Crippen LogP contribution >= 0.6 is 0 Å². The summed E-state index contributed by atoms with van der Waals surface area (Å²) in [5.41, 5.74) is 2.00. The van der Waals surface area contributed by atoms with Gasteiger partial charge in [-0.15, -0.1) is 0 Å². The molecule has 0 bridgehead atoms. The zero-order chi connectivity index (χ0) is 27.4. The van der Waals surface area contributed by atoms with Crippen LogP contribution in [0.3, 0.4) is 0 Å². The van der Waals surface area contributed by atoms with Crippen molar-refractivity contribution in [3.05, 3.63) is 59.7 Å². The van der Waals surface area contributed by atoms with Gasteiger partial charge in [-0.1, -0.05) is 38.1 Å². The Labute approximate surface area is 224 Å². The van der Waals surface area contributed by atoms with Gasteiger partial charge in [0.25, 0.3) is 0 Å². The Morgan fingerprint density at radius 3 is 2.11 bits per heavy atom. The van der Waals surface area contributed by atoms with Crippen LogP contribution in [0.1, 0.15) is 25.0 Å². The summed E-state index contributed by atoms with van der Waals surface area (Å²) < 4.78 is 10.4. The number of carbonyl (C=O) groups excluding carboxylic acids is 3. The summed E-state index contributed by atoms with van der Waals surface area (Å²) in [7, 11) is 4.96. The van der Waals surface area contributed by atoms with E-state index >= 15 is 0 Å². The molecule has 2 saturated heterocycles. The number of amides is 4. The average Bonchev–Trinajstić information content (AvgIpc) is 2.91. The lowest BCUT2D eigenvalue weighted by Gasteiger charge is -2.55. The van der Waals surface area contributed by atoms with Gasteiger partial charge < -0.3 is 24.6 Å². The molecule has 2 heterocycles. The molecule has 4 rings (SSSR count). The van der Waals surface area contributed by atoms with Crippen LogP contribution in [0.4, 0.5) is 4.79 Å². The van der Waals surface area contributed by atoms with Crippen molar-refractivity contribution < 1.29 is 23.9 Å². The van der Waals surface area contributed by atoms with E-state index < -0.39 is 12.2 Å². The predicted octanol–water partition coefficient (Wildman–Crippen LogP) is 2.34. The normalized spacial score (nSPS) is 20.0. The Kier molecular flexibility index (Phi) is 8.41. The van der Waals surface area contributed by atoms with Gasteiger partial charge in [0.05, 0.1) is 27.3 Å². The molecular formula is C28H37N5O5. The molecule has 2 atom stereocenters. The molecule has 0 aliphatic carbocycles. The second-order valence-corrected chi connectivity index (χ2v) is 10.0. The fraction of sp³-hybridized carbons (Fsp3) is 0.464. The number of piperazine rings is 1. The number of fused-ring (bicyclic) bond motifs is 1. The first kappa shape index (κ1) is 27.3. The van der Waals surface area contributed by atoms with Crippen molar-refractivity contribution >= 4 is 17.8 Å². The minimum atomic E-state index is -0.636. The Balaban J connectivity index is 1.52. The number of benzene rings is 2. The molecule has 0 radical (unpaired) electrons. The molecular weight excluding hydrogens is 486 g/mol. The second-order valence-electron chi connectivity index (χ2n) is 10.0. The summed E-state index contributed by atoms with van der Waals surface area (Å²) in [6, 6.07) is 14.3. The highest BCUT2D eigenvalue weighted by molar-refractivity contribution is 5.91. The maximum absolute atomic E-state index is 13.6. The number of rotatable bonds is 8. The van der Waals surface area contributed by atoms with E-state index in [0.717, 1.165) is 22.6 Å². The Morgan fingerprint density at radius 1 is 0.974 bits per heavy atom. The number of carbonyl (C=O) groups is 3. The largest absolute Gasteiger partial charge is 0.497 e. The van der Waals surface area contributed by atoms with Crippen molar-refractivity contribution in [3.63, 3.8) is 0 Å². The van der Waals surface area contributed by atoms with E-state index in [1.165, 1.54) is 0 Å². The predicted molar refractivity (Wildman–Crippen MR) is 142 cm³/mol. The minimum Gasteiger partial charge on any atom is -0.497 e. The number of likely N-dealkylation sites (N-methyl/N-ethyl adjacent to an activating group) is 1. The molecule has 0 unspecified atom stereocenters. The number of urea groups is 1. The number of ether oxygens (including phenoxy) is 2. The number of nitrogens with one attached hydrogen (secondary N) is 1. The lowest BCUT2D eigenvalue weighted by atomic mass is 9.96. The van der Waals surface area contributed by atoms with Crippen LogP contribution in [0.15, 0.2) is 48.5 Å². The fourth-order valence-electron chi connectivity index (χ4n) is 5.12. The Bertz CT molecular complexity index is 1140. The molecule has 4 amide bonds. The van der Waals surface area contributed by atoms with Gasteiger partial charge in [0.15, 0.2) is 0 Å². The molecule has 2 aliphatic rings. The topological polar surface area (TPSA) is 94.7 Å². The van der Waals surface area contributed by atoms with Gasteiger partial charge in [-0.3, -0.25) is 9.59 Å². The highest BCUT2D eigenvalue weighted by atomic mass is 16.5. The summed E-state index contributed by atoms with van der Waals surface area (Å²) in [5.74, 6) is 1.18. The summed E-state index contributed by atoms with van der Waals surface area (Å²) in [6.07, 6.45) is 0.0545. The zero-order valence-corrected chi connectivity index (χ0v) is 22.7. The monoisotopic (exact) mass is 523 g/mol. The van der Waals surface area contributed by atoms with E-state index in [2.05, 4.69) is 5.32 Å². The first-order valence-corrected chi connectivity index (χ1v) is 12.9. The van der Waals surface area contributed by atoms with Crippen LogP contribution in [-0.4, -0.2) is 90.8 Å². The van der Waals surface area contributed by atoms with Gasteiger partial charge in [-0.25, -0.2) is 14.8 Å². The molecule has 2 aliphatic heterocycles. The summed E-state index contributed by atoms with van der Waals surface area (Å²) in [6.45, 7) is 4.94. The molecule has 2 aromatic carbocycles. The first-order chi connectivity index (χ1) is 18.2. The number of nitrogens with zero attached hydrogens (tertiary/aromatic N) is 4. The lowest BCUT2D eigenvalue weighted by Crippen LogP contribution is -2.76. The molecule has 38 heavy (non-hydrogen) atoms. The van der Waals surface area contributed by atoms with E-state index in [1.807, 2.05) is 62.4 Å². The van der Waals surface area contributed by atoms with Crippen LogP contribution < -0.4 is 14.8 Å². The molecule has 0 saturated carbocycles. The van der Waals surface area contributed by atoms with E-state index in [0.29, 0.717) is 19.5 Å². The second kappa shape index (κ2) is 11.7. The number of hydrogen-bond donors (Lipinski definition) is 1.